The highest BCUT2D eigenvalue weighted by molar-refractivity contribution is 7.88. The summed E-state index contributed by atoms with van der Waals surface area (Å²) in [6.07, 6.45) is 1.39. The maximum absolute atomic E-state index is 12.4. The monoisotopic (exact) mass is 335 g/mol. The molecule has 124 valence electrons. The van der Waals surface area contributed by atoms with E-state index in [1.165, 1.54) is 23.1 Å². The van der Waals surface area contributed by atoms with Gasteiger partial charge in [0.1, 0.15) is 12.0 Å². The van der Waals surface area contributed by atoms with Crippen molar-refractivity contribution in [1.82, 2.24) is 9.46 Å². The van der Waals surface area contributed by atoms with E-state index in [0.29, 0.717) is 31.9 Å². The molecule has 7 heteroatoms. The van der Waals surface area contributed by atoms with Gasteiger partial charge >= 0.3 is 0 Å². The summed E-state index contributed by atoms with van der Waals surface area (Å²) in [4.78, 5) is 2.25. The summed E-state index contributed by atoms with van der Waals surface area (Å²) in [6.45, 7) is 6.54. The number of piperazine rings is 1. The van der Waals surface area contributed by atoms with Crippen LogP contribution in [0.15, 0.2) is 35.1 Å². The van der Waals surface area contributed by atoms with Gasteiger partial charge in [0, 0.05) is 37.9 Å². The Bertz CT molecular complexity index is 764. The Morgan fingerprint density at radius 2 is 1.87 bits per heavy atom. The van der Waals surface area contributed by atoms with Crippen LogP contribution in [0.3, 0.4) is 0 Å². The summed E-state index contributed by atoms with van der Waals surface area (Å²) in [6, 6.07) is 7.95. The third-order valence-corrected chi connectivity index (χ3v) is 5.97. The highest BCUT2D eigenvalue weighted by Gasteiger charge is 2.28. The number of rotatable bonds is 4. The molecule has 23 heavy (non-hydrogen) atoms. The molecule has 1 saturated heterocycles. The van der Waals surface area contributed by atoms with Gasteiger partial charge in [0.25, 0.3) is 0 Å². The Balaban J connectivity index is 1.67. The van der Waals surface area contributed by atoms with Gasteiger partial charge in [-0.3, -0.25) is 0 Å². The summed E-state index contributed by atoms with van der Waals surface area (Å²) in [5.41, 5.74) is 4.07. The zero-order valence-corrected chi connectivity index (χ0v) is 14.2. The van der Waals surface area contributed by atoms with Crippen molar-refractivity contribution in [2.24, 2.45) is 0 Å². The summed E-state index contributed by atoms with van der Waals surface area (Å²) in [5.74, 6) is -0.104. The molecule has 6 nitrogen and oxygen atoms in total. The number of aryl methyl sites for hydroxylation is 2. The molecule has 1 aromatic carbocycles. The topological polar surface area (TPSA) is 66.7 Å². The first-order valence-electron chi connectivity index (χ1n) is 7.65. The van der Waals surface area contributed by atoms with E-state index < -0.39 is 10.0 Å². The van der Waals surface area contributed by atoms with E-state index in [0.717, 1.165) is 0 Å². The van der Waals surface area contributed by atoms with Crippen LogP contribution in [0.4, 0.5) is 5.69 Å². The van der Waals surface area contributed by atoms with Gasteiger partial charge in [-0.05, 0) is 31.0 Å². The lowest BCUT2D eigenvalue weighted by molar-refractivity contribution is 0.381. The molecule has 1 aromatic heterocycles. The summed E-state index contributed by atoms with van der Waals surface area (Å²) in [5, 5.41) is 3.69. The van der Waals surface area contributed by atoms with Gasteiger partial charge in [0.15, 0.2) is 0 Å². The number of benzene rings is 1. The molecular formula is C16H21N3O3S. The molecule has 1 fully saturated rings. The second kappa shape index (κ2) is 6.33. The fourth-order valence-electron chi connectivity index (χ4n) is 2.86. The Morgan fingerprint density at radius 3 is 2.52 bits per heavy atom. The van der Waals surface area contributed by atoms with E-state index in [1.54, 1.807) is 10.4 Å². The number of aromatic nitrogens is 1. The maximum Gasteiger partial charge on any atom is 0.220 e. The quantitative estimate of drug-likeness (QED) is 0.854. The maximum atomic E-state index is 12.4. The molecule has 2 aromatic rings. The smallest absolute Gasteiger partial charge is 0.220 e. The van der Waals surface area contributed by atoms with Gasteiger partial charge in [0.2, 0.25) is 10.0 Å². The van der Waals surface area contributed by atoms with Crippen molar-refractivity contribution in [3.05, 3.63) is 47.3 Å². The second-order valence-electron chi connectivity index (χ2n) is 5.92. The molecule has 0 aliphatic carbocycles. The highest BCUT2D eigenvalue weighted by atomic mass is 32.2. The van der Waals surface area contributed by atoms with Crippen molar-refractivity contribution in [1.29, 1.82) is 0 Å². The minimum atomic E-state index is -3.35. The number of anilines is 1. The molecule has 0 amide bonds. The fraction of sp³-hybridized carbons (Fsp3) is 0.438. The molecule has 0 atom stereocenters. The first kappa shape index (κ1) is 16.0. The van der Waals surface area contributed by atoms with E-state index in [1.807, 2.05) is 0 Å². The molecular weight excluding hydrogens is 314 g/mol. The molecule has 0 unspecified atom stereocenters. The third kappa shape index (κ3) is 3.56. The fourth-order valence-corrected chi connectivity index (χ4v) is 4.28. The first-order valence-corrected chi connectivity index (χ1v) is 9.26. The van der Waals surface area contributed by atoms with Gasteiger partial charge in [-0.2, -0.15) is 4.31 Å². The summed E-state index contributed by atoms with van der Waals surface area (Å²) < 4.78 is 31.1. The molecule has 0 saturated carbocycles. The van der Waals surface area contributed by atoms with Crippen LogP contribution >= 0.6 is 0 Å². The van der Waals surface area contributed by atoms with Crippen LogP contribution in [0.2, 0.25) is 0 Å². The van der Waals surface area contributed by atoms with Crippen molar-refractivity contribution in [2.45, 2.75) is 19.6 Å². The molecule has 1 aliphatic rings. The van der Waals surface area contributed by atoms with Crippen LogP contribution in [0, 0.1) is 13.8 Å². The molecule has 1 aliphatic heterocycles. The van der Waals surface area contributed by atoms with Gasteiger partial charge in [0.05, 0.1) is 5.69 Å². The average Bonchev–Trinajstić information content (AvgIpc) is 3.02. The van der Waals surface area contributed by atoms with Gasteiger partial charge in [-0.15, -0.1) is 0 Å². The zero-order valence-electron chi connectivity index (χ0n) is 13.4. The van der Waals surface area contributed by atoms with Crippen LogP contribution in [0.5, 0.6) is 0 Å². The first-order chi connectivity index (χ1) is 11.0. The molecule has 0 N–H and O–H groups in total. The number of hydrogen-bond donors (Lipinski definition) is 0. The normalized spacial score (nSPS) is 16.7. The Hall–Kier alpha value is -1.86. The van der Waals surface area contributed by atoms with E-state index >= 15 is 0 Å². The number of hydrogen-bond acceptors (Lipinski definition) is 5. The minimum Gasteiger partial charge on any atom is -0.369 e. The van der Waals surface area contributed by atoms with Crippen LogP contribution in [-0.4, -0.2) is 44.1 Å². The average molecular weight is 335 g/mol. The van der Waals surface area contributed by atoms with Crippen molar-refractivity contribution in [3.8, 4) is 0 Å². The molecule has 3 rings (SSSR count). The lowest BCUT2D eigenvalue weighted by Gasteiger charge is -2.36. The van der Waals surface area contributed by atoms with E-state index in [4.69, 9.17) is 4.52 Å². The number of nitrogens with zero attached hydrogens (tertiary/aromatic N) is 3. The SMILES string of the molecule is Cc1ccc(C)c(N2CCN(S(=O)(=O)Cc3ccon3)CC2)c1. The van der Waals surface area contributed by atoms with E-state index in [2.05, 4.69) is 42.1 Å². The molecule has 0 spiro atoms. The van der Waals surface area contributed by atoms with Gasteiger partial charge in [-0.1, -0.05) is 17.3 Å². The second-order valence-corrected chi connectivity index (χ2v) is 7.89. The van der Waals surface area contributed by atoms with Crippen LogP contribution < -0.4 is 4.90 Å². The molecule has 2 heterocycles. The lowest BCUT2D eigenvalue weighted by Crippen LogP contribution is -2.49. The highest BCUT2D eigenvalue weighted by Crippen LogP contribution is 2.23. The Labute approximate surface area is 136 Å². The number of sulfonamides is 1. The van der Waals surface area contributed by atoms with Gasteiger partial charge in [-0.25, -0.2) is 8.42 Å². The molecule has 0 bridgehead atoms. The third-order valence-electron chi connectivity index (χ3n) is 4.16. The molecule has 0 radical (unpaired) electrons. The van der Waals surface area contributed by atoms with Gasteiger partial charge < -0.3 is 9.42 Å². The van der Waals surface area contributed by atoms with Crippen LogP contribution in [0.1, 0.15) is 16.8 Å². The van der Waals surface area contributed by atoms with Crippen molar-refractivity contribution in [2.75, 3.05) is 31.1 Å². The summed E-state index contributed by atoms with van der Waals surface area (Å²) in [7, 11) is -3.35. The zero-order chi connectivity index (χ0) is 16.4. The predicted octanol–water partition coefficient (Wildman–Crippen LogP) is 1.94. The van der Waals surface area contributed by atoms with Crippen LogP contribution in [-0.2, 0) is 15.8 Å². The van der Waals surface area contributed by atoms with Crippen molar-refractivity contribution >= 4 is 15.7 Å². The van der Waals surface area contributed by atoms with E-state index in [-0.39, 0.29) is 5.75 Å². The van der Waals surface area contributed by atoms with Crippen molar-refractivity contribution in [3.63, 3.8) is 0 Å². The minimum absolute atomic E-state index is 0.104. The van der Waals surface area contributed by atoms with Crippen LogP contribution in [0.25, 0.3) is 0 Å². The lowest BCUT2D eigenvalue weighted by atomic mass is 10.1. The Kier molecular flexibility index (Phi) is 4.41. The summed E-state index contributed by atoms with van der Waals surface area (Å²) >= 11 is 0. The largest absolute Gasteiger partial charge is 0.369 e. The van der Waals surface area contributed by atoms with E-state index in [9.17, 15) is 8.42 Å². The predicted molar refractivity (Wildman–Crippen MR) is 88.8 cm³/mol. The Morgan fingerprint density at radius 1 is 1.13 bits per heavy atom. The standard InChI is InChI=1S/C16H21N3O3S/c1-13-3-4-14(2)16(11-13)18-6-8-19(9-7-18)23(20,21)12-15-5-10-22-17-15/h3-5,10-11H,6-9,12H2,1-2H3. The van der Waals surface area contributed by atoms with Crippen molar-refractivity contribution < 1.29 is 12.9 Å².